The van der Waals surface area contributed by atoms with Crippen LogP contribution in [0.2, 0.25) is 0 Å². The van der Waals surface area contributed by atoms with Crippen molar-refractivity contribution in [1.29, 1.82) is 0 Å². The summed E-state index contributed by atoms with van der Waals surface area (Å²) in [6.07, 6.45) is 68.1. The number of fused-ring (bicyclic) bond motifs is 6. The van der Waals surface area contributed by atoms with Gasteiger partial charge in [-0.2, -0.15) is 0 Å². The summed E-state index contributed by atoms with van der Waals surface area (Å²) in [5.41, 5.74) is 8.61. The van der Waals surface area contributed by atoms with Gasteiger partial charge in [0.05, 0.1) is 11.0 Å². The minimum atomic E-state index is -1.19. The molecule has 2 aromatic carbocycles. The molecular formula is C87H144O6. The quantitative estimate of drug-likeness (QED) is 0.0616. The second-order valence-corrected chi connectivity index (χ2v) is 32.9. The molecule has 6 aliphatic rings. The molecule has 93 heavy (non-hydrogen) atoms. The van der Waals surface area contributed by atoms with Gasteiger partial charge in [0.25, 0.3) is 0 Å². The first-order chi connectivity index (χ1) is 45.0. The van der Waals surface area contributed by atoms with Crippen molar-refractivity contribution in [2.24, 2.45) is 5.41 Å². The Morgan fingerprint density at radius 2 is 0.602 bits per heavy atom. The van der Waals surface area contributed by atoms with Crippen LogP contribution in [0.4, 0.5) is 0 Å². The number of hydrogen-bond donors (Lipinski definition) is 0. The van der Waals surface area contributed by atoms with E-state index >= 15 is 4.79 Å². The number of hydrogen-bond acceptors (Lipinski definition) is 6. The molecule has 0 saturated carbocycles. The summed E-state index contributed by atoms with van der Waals surface area (Å²) in [6.45, 7) is 27.3. The number of carbonyl (C=O) groups excluding carboxylic acids is 1. The minimum absolute atomic E-state index is 0.133. The molecule has 0 bridgehead atoms. The zero-order chi connectivity index (χ0) is 66.4. The number of ketones is 1. The maximum absolute atomic E-state index is 16.2. The average Bonchev–Trinajstić information content (AvgIpc) is 0.657. The largest absolute Gasteiger partial charge is 0.487 e. The van der Waals surface area contributed by atoms with Gasteiger partial charge in [-0.15, -0.1) is 0 Å². The predicted molar refractivity (Wildman–Crippen MR) is 395 cm³/mol. The fourth-order valence-electron chi connectivity index (χ4n) is 18.6. The van der Waals surface area contributed by atoms with Gasteiger partial charge < -0.3 is 23.7 Å². The number of ether oxygens (including phenoxy) is 5. The summed E-state index contributed by atoms with van der Waals surface area (Å²) in [7, 11) is 0. The lowest BCUT2D eigenvalue weighted by atomic mass is 9.48. The van der Waals surface area contributed by atoms with E-state index in [2.05, 4.69) is 83.1 Å². The Labute approximate surface area is 573 Å². The van der Waals surface area contributed by atoms with Gasteiger partial charge >= 0.3 is 0 Å². The third kappa shape index (κ3) is 18.7. The van der Waals surface area contributed by atoms with Crippen molar-refractivity contribution in [1.82, 2.24) is 0 Å². The molecule has 0 radical (unpaired) electrons. The zero-order valence-corrected chi connectivity index (χ0v) is 63.1. The number of unbranched alkanes of at least 4 members (excludes halogenated alkanes) is 39. The van der Waals surface area contributed by atoms with E-state index in [4.69, 9.17) is 23.7 Å². The third-order valence-corrected chi connectivity index (χ3v) is 25.4. The van der Waals surface area contributed by atoms with Gasteiger partial charge in [-0.25, -0.2) is 0 Å². The molecule has 2 unspecified atom stereocenters. The topological polar surface area (TPSA) is 63.2 Å². The van der Waals surface area contributed by atoms with E-state index < -0.39 is 22.4 Å². The second-order valence-electron chi connectivity index (χ2n) is 32.9. The van der Waals surface area contributed by atoms with E-state index in [0.717, 1.165) is 116 Å². The zero-order valence-electron chi connectivity index (χ0n) is 63.1. The predicted octanol–water partition coefficient (Wildman–Crippen LogP) is 26.6. The molecule has 8 rings (SSSR count). The first kappa shape index (κ1) is 75.8. The number of carbonyl (C=O) groups is 1. The van der Waals surface area contributed by atoms with E-state index in [1.165, 1.54) is 297 Å². The van der Waals surface area contributed by atoms with Crippen molar-refractivity contribution in [2.45, 2.75) is 458 Å². The van der Waals surface area contributed by atoms with Gasteiger partial charge in [0.1, 0.15) is 34.2 Å². The fourth-order valence-corrected chi connectivity index (χ4v) is 18.6. The molecule has 1 fully saturated rings. The Bertz CT molecular complexity index is 2660. The summed E-state index contributed by atoms with van der Waals surface area (Å²) < 4.78 is 38.8. The van der Waals surface area contributed by atoms with Gasteiger partial charge in [0.15, 0.2) is 5.60 Å². The Hall–Kier alpha value is -2.99. The maximum Gasteiger partial charge on any atom is 0.244 e. The number of rotatable bonds is 45. The molecular weight excluding hydrogens is 1140 g/mol. The highest BCUT2D eigenvalue weighted by Crippen LogP contribution is 2.69. The first-order valence-electron chi connectivity index (χ1n) is 41.0. The molecule has 0 aromatic heterocycles. The van der Waals surface area contributed by atoms with E-state index in [1.807, 2.05) is 0 Å². The maximum atomic E-state index is 16.2. The lowest BCUT2D eigenvalue weighted by molar-refractivity contribution is -0.350. The van der Waals surface area contributed by atoms with Crippen LogP contribution < -0.4 is 18.9 Å². The molecule has 1 aliphatic carbocycles. The van der Waals surface area contributed by atoms with E-state index in [0.29, 0.717) is 12.8 Å². The minimum Gasteiger partial charge on any atom is -0.487 e. The smallest absolute Gasteiger partial charge is 0.244 e. The Balaban J connectivity index is 0.977. The number of Topliss-reactive ketones (excluding diaryl/α,β-unsaturated/α-hetero) is 1. The first-order valence-corrected chi connectivity index (χ1v) is 41.0. The molecule has 6 atom stereocenters. The van der Waals surface area contributed by atoms with Crippen LogP contribution in [0.3, 0.4) is 0 Å². The standard InChI is InChI=1S/C87H144O6/c1-13-16-19-22-25-28-31-34-37-40-43-46-49-52-58-82(10)61-55-73-74-57-63-86(91-79(74)69(6)67(4)77(73)89-82)81(88)71(8)72(9)87-85(86,65-64-84(12,93-87)60-54-51-48-45-42-39-36-33-30-27-24-21-18-15-3)66-76-75-56-62-83(11,90-78(75)68(5)70(7)80(76)92-87)59-53-50-47-44-41-38-35-32-29-26-23-20-17-14-2/h13-66H2,1-12H3/t82?,83?,84-,85-,86-,87+/m0/s1. The van der Waals surface area contributed by atoms with Crippen LogP contribution in [-0.2, 0) is 35.2 Å². The lowest BCUT2D eigenvalue weighted by Crippen LogP contribution is -2.79. The second kappa shape index (κ2) is 36.7. The van der Waals surface area contributed by atoms with E-state index in [-0.39, 0.29) is 17.0 Å². The molecule has 5 aliphatic heterocycles. The summed E-state index contributed by atoms with van der Waals surface area (Å²) in [5.74, 6) is 2.99. The van der Waals surface area contributed by atoms with Crippen molar-refractivity contribution in [3.05, 3.63) is 55.7 Å². The fraction of sp³-hybridized carbons (Fsp3) is 0.828. The molecule has 0 amide bonds. The van der Waals surface area contributed by atoms with Crippen LogP contribution in [0.1, 0.15) is 421 Å². The van der Waals surface area contributed by atoms with Crippen molar-refractivity contribution >= 4 is 5.78 Å². The monoisotopic (exact) mass is 1290 g/mol. The third-order valence-electron chi connectivity index (χ3n) is 25.4. The van der Waals surface area contributed by atoms with Crippen molar-refractivity contribution in [3.8, 4) is 23.0 Å². The normalized spacial score (nSPS) is 25.4. The molecule has 1 saturated heterocycles. The summed E-state index contributed by atoms with van der Waals surface area (Å²) in [5, 5.41) is 0. The number of benzene rings is 2. The average molecular weight is 1290 g/mol. The van der Waals surface area contributed by atoms with Crippen LogP contribution in [0, 0.1) is 33.1 Å². The van der Waals surface area contributed by atoms with Crippen molar-refractivity contribution < 1.29 is 28.5 Å². The van der Waals surface area contributed by atoms with Crippen LogP contribution in [-0.4, -0.2) is 34.0 Å². The van der Waals surface area contributed by atoms with Gasteiger partial charge in [0, 0.05) is 33.4 Å². The molecule has 6 nitrogen and oxygen atoms in total. The highest BCUT2D eigenvalue weighted by molar-refractivity contribution is 6.05. The highest BCUT2D eigenvalue weighted by Gasteiger charge is 2.78. The van der Waals surface area contributed by atoms with Gasteiger partial charge in [0.2, 0.25) is 11.6 Å². The van der Waals surface area contributed by atoms with Crippen LogP contribution in [0.5, 0.6) is 23.0 Å². The van der Waals surface area contributed by atoms with Crippen molar-refractivity contribution in [3.63, 3.8) is 0 Å². The molecule has 1 spiro atoms. The molecule has 5 heterocycles. The van der Waals surface area contributed by atoms with Gasteiger partial charge in [-0.3, -0.25) is 4.79 Å². The summed E-state index contributed by atoms with van der Waals surface area (Å²) in [6, 6.07) is 0. The molecule has 6 heteroatoms. The van der Waals surface area contributed by atoms with Gasteiger partial charge in [-0.05, 0) is 174 Å². The lowest BCUT2D eigenvalue weighted by Gasteiger charge is -2.67. The van der Waals surface area contributed by atoms with Crippen molar-refractivity contribution in [2.75, 3.05) is 0 Å². The van der Waals surface area contributed by atoms with E-state index in [1.54, 1.807) is 0 Å². The van der Waals surface area contributed by atoms with Crippen LogP contribution in [0.15, 0.2) is 11.1 Å². The summed E-state index contributed by atoms with van der Waals surface area (Å²) >= 11 is 0. The van der Waals surface area contributed by atoms with Gasteiger partial charge in [-0.1, -0.05) is 278 Å². The molecule has 0 N–H and O–H groups in total. The van der Waals surface area contributed by atoms with Crippen LogP contribution in [0.25, 0.3) is 0 Å². The van der Waals surface area contributed by atoms with E-state index in [9.17, 15) is 0 Å². The Morgan fingerprint density at radius 1 is 0.312 bits per heavy atom. The van der Waals surface area contributed by atoms with Crippen LogP contribution >= 0.6 is 0 Å². The SMILES string of the molecule is CCCCCCCCCCCCCCCCC1(C)CCc2c3c(c(C)c(C)c2O1)O[C@]12O[C@@](C)(CCCCCCCCCCCCCCCC)CC[C@]1(C3)[C@]1(CCc3c4c(c(C)c(C)c3O1)OC(C)(CCCCCCCCCCCCCCCC)CC4)C(=O)C(C)=C2C. The summed E-state index contributed by atoms with van der Waals surface area (Å²) in [4.78, 5) is 16.2. The highest BCUT2D eigenvalue weighted by atomic mass is 16.7. The molecule has 528 valence electrons. The Morgan fingerprint density at radius 3 is 0.957 bits per heavy atom. The molecule has 2 aromatic rings. The Kier molecular flexibility index (Phi) is 29.9.